The van der Waals surface area contributed by atoms with Crippen LogP contribution in [0.25, 0.3) is 82.4 Å². The fourth-order valence-electron chi connectivity index (χ4n) is 8.93. The Bertz CT molecular complexity index is 3270. The van der Waals surface area contributed by atoms with Crippen LogP contribution in [0.15, 0.2) is 231 Å². The van der Waals surface area contributed by atoms with Crippen LogP contribution in [0, 0.1) is 0 Å². The van der Waals surface area contributed by atoms with Gasteiger partial charge >= 0.3 is 0 Å². The van der Waals surface area contributed by atoms with Gasteiger partial charge in [0.05, 0.1) is 11.0 Å². The van der Waals surface area contributed by atoms with Crippen molar-refractivity contribution in [3.63, 3.8) is 0 Å². The molecule has 272 valence electrons. The van der Waals surface area contributed by atoms with Crippen LogP contribution in [0.3, 0.4) is 0 Å². The summed E-state index contributed by atoms with van der Waals surface area (Å²) in [5.74, 6) is 0. The van der Waals surface area contributed by atoms with E-state index in [0.717, 1.165) is 22.7 Å². The van der Waals surface area contributed by atoms with Crippen molar-refractivity contribution in [2.24, 2.45) is 0 Å². The third kappa shape index (κ3) is 5.74. The lowest BCUT2D eigenvalue weighted by molar-refractivity contribution is 1.18. The van der Waals surface area contributed by atoms with Crippen molar-refractivity contribution in [3.05, 3.63) is 231 Å². The largest absolute Gasteiger partial charge is 0.310 e. The first-order chi connectivity index (χ1) is 28.8. The number of fused-ring (bicyclic) bond motifs is 5. The first-order valence-electron chi connectivity index (χ1n) is 19.9. The molecule has 11 aromatic rings. The second-order valence-corrected chi connectivity index (χ2v) is 14.9. The minimum absolute atomic E-state index is 1.09. The molecule has 0 saturated heterocycles. The molecular formula is C56H38N2. The Morgan fingerprint density at radius 2 is 0.776 bits per heavy atom. The van der Waals surface area contributed by atoms with E-state index >= 15 is 0 Å². The summed E-state index contributed by atoms with van der Waals surface area (Å²) < 4.78 is 2.39. The Labute approximate surface area is 338 Å². The van der Waals surface area contributed by atoms with Crippen LogP contribution in [-0.4, -0.2) is 4.57 Å². The maximum atomic E-state index is 2.40. The zero-order valence-electron chi connectivity index (χ0n) is 31.8. The van der Waals surface area contributed by atoms with E-state index in [2.05, 4.69) is 240 Å². The van der Waals surface area contributed by atoms with E-state index in [1.165, 1.54) is 76.7 Å². The molecule has 0 saturated carbocycles. The van der Waals surface area contributed by atoms with Crippen LogP contribution < -0.4 is 4.90 Å². The van der Waals surface area contributed by atoms with Gasteiger partial charge in [0.15, 0.2) is 0 Å². The Balaban J connectivity index is 1.09. The summed E-state index contributed by atoms with van der Waals surface area (Å²) in [6.07, 6.45) is 0. The zero-order chi connectivity index (χ0) is 38.4. The number of para-hydroxylation sites is 2. The van der Waals surface area contributed by atoms with E-state index in [-0.39, 0.29) is 0 Å². The third-order valence-corrected chi connectivity index (χ3v) is 11.6. The number of rotatable bonds is 7. The van der Waals surface area contributed by atoms with Crippen molar-refractivity contribution < 1.29 is 0 Å². The molecule has 0 unspecified atom stereocenters. The van der Waals surface area contributed by atoms with Gasteiger partial charge in [-0.05, 0) is 116 Å². The summed E-state index contributed by atoms with van der Waals surface area (Å²) in [6, 6.07) is 83.7. The van der Waals surface area contributed by atoms with Crippen LogP contribution in [0.1, 0.15) is 0 Å². The second-order valence-electron chi connectivity index (χ2n) is 14.9. The monoisotopic (exact) mass is 738 g/mol. The lowest BCUT2D eigenvalue weighted by atomic mass is 9.96. The number of hydrogen-bond acceptors (Lipinski definition) is 1. The van der Waals surface area contributed by atoms with Crippen molar-refractivity contribution in [1.82, 2.24) is 4.57 Å². The molecule has 1 aromatic heterocycles. The molecule has 2 heteroatoms. The maximum absolute atomic E-state index is 2.40. The molecular weight excluding hydrogens is 701 g/mol. The van der Waals surface area contributed by atoms with Gasteiger partial charge in [0.1, 0.15) is 0 Å². The molecule has 58 heavy (non-hydrogen) atoms. The highest BCUT2D eigenvalue weighted by Crippen LogP contribution is 2.43. The van der Waals surface area contributed by atoms with E-state index < -0.39 is 0 Å². The van der Waals surface area contributed by atoms with Crippen LogP contribution in [0.4, 0.5) is 17.1 Å². The van der Waals surface area contributed by atoms with E-state index in [1.807, 2.05) is 0 Å². The van der Waals surface area contributed by atoms with Gasteiger partial charge in [0, 0.05) is 33.5 Å². The molecule has 0 fully saturated rings. The predicted octanol–water partition coefficient (Wildman–Crippen LogP) is 15.6. The highest BCUT2D eigenvalue weighted by atomic mass is 15.1. The maximum Gasteiger partial charge on any atom is 0.0547 e. The number of hydrogen-bond donors (Lipinski definition) is 0. The minimum Gasteiger partial charge on any atom is -0.310 e. The van der Waals surface area contributed by atoms with Crippen molar-refractivity contribution in [2.45, 2.75) is 0 Å². The number of benzene rings is 10. The lowest BCUT2D eigenvalue weighted by Crippen LogP contribution is -2.10. The Morgan fingerprint density at radius 3 is 1.45 bits per heavy atom. The molecule has 0 N–H and O–H groups in total. The molecule has 0 spiro atoms. The summed E-state index contributed by atoms with van der Waals surface area (Å²) in [7, 11) is 0. The first kappa shape index (κ1) is 33.6. The van der Waals surface area contributed by atoms with Crippen molar-refractivity contribution in [1.29, 1.82) is 0 Å². The van der Waals surface area contributed by atoms with Crippen LogP contribution in [0.2, 0.25) is 0 Å². The quantitative estimate of drug-likeness (QED) is 0.158. The molecule has 2 nitrogen and oxygen atoms in total. The Morgan fingerprint density at radius 1 is 0.293 bits per heavy atom. The summed E-state index contributed by atoms with van der Waals surface area (Å²) in [5, 5.41) is 7.48. The Kier molecular flexibility index (Phi) is 8.19. The third-order valence-electron chi connectivity index (χ3n) is 11.6. The SMILES string of the molecule is c1ccc(-n2c3ccccc3c3c(-c4cccc(N(c5ccc(-c6cccc7ccccc67)cc5)c5cccc(-c6cccc7ccccc67)c5)c4)cccc32)cc1. The van der Waals surface area contributed by atoms with Gasteiger partial charge in [-0.25, -0.2) is 0 Å². The standard InChI is InChI=1S/C56H38N2/c1-2-21-44(22-3-1)58-54-31-9-8-27-53(54)56-52(30-14-32-55(56)58)43-20-11-24-47(38-43)57(45-35-33-41(34-36-45)50-28-12-17-39-15-4-6-25-48(39)50)46-23-10-19-42(37-46)51-29-13-18-40-16-5-7-26-49(40)51/h1-38H. The average molecular weight is 739 g/mol. The molecule has 0 aliphatic heterocycles. The van der Waals surface area contributed by atoms with Gasteiger partial charge in [-0.1, -0.05) is 170 Å². The summed E-state index contributed by atoms with van der Waals surface area (Å²) in [6.45, 7) is 0. The number of anilines is 3. The van der Waals surface area contributed by atoms with Crippen LogP contribution in [-0.2, 0) is 0 Å². The number of aromatic nitrogens is 1. The summed E-state index contributed by atoms with van der Waals surface area (Å²) in [4.78, 5) is 2.40. The molecule has 0 aliphatic rings. The van der Waals surface area contributed by atoms with E-state index in [0.29, 0.717) is 0 Å². The first-order valence-corrected chi connectivity index (χ1v) is 19.9. The topological polar surface area (TPSA) is 8.17 Å². The molecule has 0 aliphatic carbocycles. The highest BCUT2D eigenvalue weighted by molar-refractivity contribution is 6.16. The average Bonchev–Trinajstić information content (AvgIpc) is 3.64. The lowest BCUT2D eigenvalue weighted by Gasteiger charge is -2.27. The van der Waals surface area contributed by atoms with Crippen molar-refractivity contribution in [2.75, 3.05) is 4.90 Å². The molecule has 0 amide bonds. The molecule has 0 bridgehead atoms. The van der Waals surface area contributed by atoms with Gasteiger partial charge in [-0.2, -0.15) is 0 Å². The van der Waals surface area contributed by atoms with Crippen molar-refractivity contribution >= 4 is 60.4 Å². The molecule has 1 heterocycles. The van der Waals surface area contributed by atoms with Crippen molar-refractivity contribution in [3.8, 4) is 39.1 Å². The predicted molar refractivity (Wildman–Crippen MR) is 247 cm³/mol. The van der Waals surface area contributed by atoms with Gasteiger partial charge < -0.3 is 9.47 Å². The molecule has 0 atom stereocenters. The molecule has 10 aromatic carbocycles. The summed E-state index contributed by atoms with van der Waals surface area (Å²) in [5.41, 5.74) is 14.0. The van der Waals surface area contributed by atoms with Crippen LogP contribution in [0.5, 0.6) is 0 Å². The van der Waals surface area contributed by atoms with Gasteiger partial charge in [-0.3, -0.25) is 0 Å². The minimum atomic E-state index is 1.09. The van der Waals surface area contributed by atoms with Gasteiger partial charge in [-0.15, -0.1) is 0 Å². The zero-order valence-corrected chi connectivity index (χ0v) is 31.8. The highest BCUT2D eigenvalue weighted by Gasteiger charge is 2.19. The normalized spacial score (nSPS) is 11.4. The fourth-order valence-corrected chi connectivity index (χ4v) is 8.93. The van der Waals surface area contributed by atoms with Crippen LogP contribution >= 0.6 is 0 Å². The van der Waals surface area contributed by atoms with Gasteiger partial charge in [0.25, 0.3) is 0 Å². The molecule has 0 radical (unpaired) electrons. The van der Waals surface area contributed by atoms with E-state index in [1.54, 1.807) is 0 Å². The fraction of sp³-hybridized carbons (Fsp3) is 0. The number of nitrogens with zero attached hydrogens (tertiary/aromatic N) is 2. The second kappa shape index (κ2) is 14.1. The smallest absolute Gasteiger partial charge is 0.0547 e. The van der Waals surface area contributed by atoms with Gasteiger partial charge in [0.2, 0.25) is 0 Å². The molecule has 11 rings (SSSR count). The van der Waals surface area contributed by atoms with E-state index in [4.69, 9.17) is 0 Å². The van der Waals surface area contributed by atoms with E-state index in [9.17, 15) is 0 Å². The Hall–Kier alpha value is -7.68. The summed E-state index contributed by atoms with van der Waals surface area (Å²) >= 11 is 0.